The van der Waals surface area contributed by atoms with Crippen LogP contribution >= 0.6 is 0 Å². The van der Waals surface area contributed by atoms with Crippen LogP contribution in [0.3, 0.4) is 0 Å². The van der Waals surface area contributed by atoms with E-state index in [0.717, 1.165) is 17.8 Å². The van der Waals surface area contributed by atoms with E-state index >= 15 is 0 Å². The molecule has 0 fully saturated rings. The number of aromatic nitrogens is 1. The Bertz CT molecular complexity index is 556. The summed E-state index contributed by atoms with van der Waals surface area (Å²) in [6.07, 6.45) is -2.70. The van der Waals surface area contributed by atoms with Crippen molar-refractivity contribution in [3.05, 3.63) is 53.9 Å². The van der Waals surface area contributed by atoms with Crippen LogP contribution in [0.1, 0.15) is 31.0 Å². The van der Waals surface area contributed by atoms with Crippen molar-refractivity contribution in [1.29, 1.82) is 0 Å². The molecule has 0 atom stereocenters. The average Bonchev–Trinajstić information content (AvgIpc) is 2.38. The van der Waals surface area contributed by atoms with Crippen LogP contribution in [0.15, 0.2) is 42.6 Å². The number of rotatable bonds is 2. The van der Waals surface area contributed by atoms with Gasteiger partial charge in [-0.05, 0) is 29.7 Å². The first kappa shape index (κ1) is 13.6. The Morgan fingerprint density at radius 3 is 2.26 bits per heavy atom. The summed E-state index contributed by atoms with van der Waals surface area (Å²) in [6, 6.07) is 8.93. The molecule has 2 rings (SSSR count). The minimum Gasteiger partial charge on any atom is -0.260 e. The molecule has 1 nitrogen and oxygen atoms in total. The molecule has 0 saturated carbocycles. The Morgan fingerprint density at radius 2 is 1.74 bits per heavy atom. The molecule has 0 aliphatic rings. The standard InChI is InChI=1S/C15H14F3N/c1-10(2)14-7-6-12(9-19-14)11-4-3-5-13(8-11)15(16,17)18/h3-10H,1-2H3. The maximum atomic E-state index is 12.6. The molecule has 0 unspecified atom stereocenters. The maximum absolute atomic E-state index is 12.6. The summed E-state index contributed by atoms with van der Waals surface area (Å²) in [6.45, 7) is 4.04. The van der Waals surface area contributed by atoms with Gasteiger partial charge >= 0.3 is 6.18 Å². The highest BCUT2D eigenvalue weighted by Crippen LogP contribution is 2.32. The Balaban J connectivity index is 2.37. The summed E-state index contributed by atoms with van der Waals surface area (Å²) >= 11 is 0. The van der Waals surface area contributed by atoms with Crippen molar-refractivity contribution in [2.75, 3.05) is 0 Å². The van der Waals surface area contributed by atoms with E-state index in [-0.39, 0.29) is 0 Å². The SMILES string of the molecule is CC(C)c1ccc(-c2cccc(C(F)(F)F)c2)cn1. The first-order valence-electron chi connectivity index (χ1n) is 6.01. The van der Waals surface area contributed by atoms with Crippen LogP contribution in [-0.4, -0.2) is 4.98 Å². The third-order valence-corrected chi connectivity index (χ3v) is 2.90. The lowest BCUT2D eigenvalue weighted by molar-refractivity contribution is -0.137. The predicted octanol–water partition coefficient (Wildman–Crippen LogP) is 4.89. The second-order valence-corrected chi connectivity index (χ2v) is 4.71. The van der Waals surface area contributed by atoms with Crippen LogP contribution in [0.2, 0.25) is 0 Å². The second kappa shape index (κ2) is 5.03. The molecule has 100 valence electrons. The predicted molar refractivity (Wildman–Crippen MR) is 68.8 cm³/mol. The molecular weight excluding hydrogens is 251 g/mol. The van der Waals surface area contributed by atoms with Crippen molar-refractivity contribution in [1.82, 2.24) is 4.98 Å². The average molecular weight is 265 g/mol. The molecule has 19 heavy (non-hydrogen) atoms. The van der Waals surface area contributed by atoms with Crippen LogP contribution < -0.4 is 0 Å². The van der Waals surface area contributed by atoms with E-state index in [1.165, 1.54) is 6.07 Å². The third kappa shape index (κ3) is 3.13. The highest BCUT2D eigenvalue weighted by atomic mass is 19.4. The number of alkyl halides is 3. The van der Waals surface area contributed by atoms with Crippen molar-refractivity contribution in [2.24, 2.45) is 0 Å². The number of hydrogen-bond acceptors (Lipinski definition) is 1. The monoisotopic (exact) mass is 265 g/mol. The van der Waals surface area contributed by atoms with Gasteiger partial charge in [-0.3, -0.25) is 4.98 Å². The molecule has 0 radical (unpaired) electrons. The van der Waals surface area contributed by atoms with Crippen LogP contribution in [0, 0.1) is 0 Å². The smallest absolute Gasteiger partial charge is 0.260 e. The van der Waals surface area contributed by atoms with Crippen LogP contribution in [-0.2, 0) is 6.18 Å². The normalized spacial score (nSPS) is 11.9. The summed E-state index contributed by atoms with van der Waals surface area (Å²) in [5.74, 6) is 0.301. The van der Waals surface area contributed by atoms with Gasteiger partial charge in [0.1, 0.15) is 0 Å². The zero-order valence-corrected chi connectivity index (χ0v) is 10.7. The zero-order chi connectivity index (χ0) is 14.0. The number of halogens is 3. The number of hydrogen-bond donors (Lipinski definition) is 0. The summed E-state index contributed by atoms with van der Waals surface area (Å²) in [5.41, 5.74) is 1.50. The molecule has 0 aliphatic heterocycles. The Morgan fingerprint density at radius 1 is 1.00 bits per heavy atom. The molecule has 0 bridgehead atoms. The fraction of sp³-hybridized carbons (Fsp3) is 0.267. The maximum Gasteiger partial charge on any atom is 0.416 e. The van der Waals surface area contributed by atoms with E-state index in [1.807, 2.05) is 19.9 Å². The van der Waals surface area contributed by atoms with E-state index in [0.29, 0.717) is 17.0 Å². The van der Waals surface area contributed by atoms with Gasteiger partial charge in [0.15, 0.2) is 0 Å². The minimum absolute atomic E-state index is 0.301. The van der Waals surface area contributed by atoms with Crippen molar-refractivity contribution >= 4 is 0 Å². The van der Waals surface area contributed by atoms with Crippen molar-refractivity contribution < 1.29 is 13.2 Å². The van der Waals surface area contributed by atoms with E-state index in [1.54, 1.807) is 18.3 Å². The third-order valence-electron chi connectivity index (χ3n) is 2.90. The highest BCUT2D eigenvalue weighted by molar-refractivity contribution is 5.63. The van der Waals surface area contributed by atoms with Crippen molar-refractivity contribution in [2.45, 2.75) is 25.9 Å². The van der Waals surface area contributed by atoms with E-state index in [4.69, 9.17) is 0 Å². The fourth-order valence-corrected chi connectivity index (χ4v) is 1.79. The molecule has 0 spiro atoms. The molecule has 1 aromatic heterocycles. The Kier molecular flexibility index (Phi) is 3.60. The number of nitrogens with zero attached hydrogens (tertiary/aromatic N) is 1. The van der Waals surface area contributed by atoms with Crippen molar-refractivity contribution in [3.8, 4) is 11.1 Å². The Labute approximate surface area is 110 Å². The number of pyridine rings is 1. The largest absolute Gasteiger partial charge is 0.416 e. The lowest BCUT2D eigenvalue weighted by Gasteiger charge is -2.09. The van der Waals surface area contributed by atoms with Gasteiger partial charge in [0.25, 0.3) is 0 Å². The van der Waals surface area contributed by atoms with Gasteiger partial charge in [-0.1, -0.05) is 32.0 Å². The molecule has 0 N–H and O–H groups in total. The van der Waals surface area contributed by atoms with Gasteiger partial charge in [-0.15, -0.1) is 0 Å². The quantitative estimate of drug-likeness (QED) is 0.753. The van der Waals surface area contributed by atoms with E-state index < -0.39 is 11.7 Å². The topological polar surface area (TPSA) is 12.9 Å². The summed E-state index contributed by atoms with van der Waals surface area (Å²) in [7, 11) is 0. The first-order valence-corrected chi connectivity index (χ1v) is 6.01. The summed E-state index contributed by atoms with van der Waals surface area (Å²) in [4.78, 5) is 4.27. The first-order chi connectivity index (χ1) is 8.88. The van der Waals surface area contributed by atoms with Crippen LogP contribution in [0.25, 0.3) is 11.1 Å². The molecule has 0 saturated heterocycles. The second-order valence-electron chi connectivity index (χ2n) is 4.71. The molecule has 2 aromatic rings. The molecule has 1 heterocycles. The lowest BCUT2D eigenvalue weighted by atomic mass is 10.0. The zero-order valence-electron chi connectivity index (χ0n) is 10.7. The van der Waals surface area contributed by atoms with Gasteiger partial charge in [0, 0.05) is 17.5 Å². The van der Waals surface area contributed by atoms with Crippen LogP contribution in [0.4, 0.5) is 13.2 Å². The van der Waals surface area contributed by atoms with Gasteiger partial charge in [-0.2, -0.15) is 13.2 Å². The molecule has 4 heteroatoms. The van der Waals surface area contributed by atoms with Gasteiger partial charge in [-0.25, -0.2) is 0 Å². The van der Waals surface area contributed by atoms with Gasteiger partial charge < -0.3 is 0 Å². The lowest BCUT2D eigenvalue weighted by Crippen LogP contribution is -2.04. The number of benzene rings is 1. The highest BCUT2D eigenvalue weighted by Gasteiger charge is 2.30. The molecular formula is C15H14F3N. The van der Waals surface area contributed by atoms with Gasteiger partial charge in [0.05, 0.1) is 5.56 Å². The van der Waals surface area contributed by atoms with Gasteiger partial charge in [0.2, 0.25) is 0 Å². The van der Waals surface area contributed by atoms with Crippen molar-refractivity contribution in [3.63, 3.8) is 0 Å². The van der Waals surface area contributed by atoms with E-state index in [2.05, 4.69) is 4.98 Å². The van der Waals surface area contributed by atoms with Crippen LogP contribution in [0.5, 0.6) is 0 Å². The Hall–Kier alpha value is -1.84. The minimum atomic E-state index is -4.32. The fourth-order valence-electron chi connectivity index (χ4n) is 1.79. The van der Waals surface area contributed by atoms with E-state index in [9.17, 15) is 13.2 Å². The molecule has 0 amide bonds. The summed E-state index contributed by atoms with van der Waals surface area (Å²) in [5, 5.41) is 0. The molecule has 0 aliphatic carbocycles. The molecule has 1 aromatic carbocycles. The summed E-state index contributed by atoms with van der Waals surface area (Å²) < 4.78 is 37.9.